The van der Waals surface area contributed by atoms with E-state index >= 15 is 0 Å². The Bertz CT molecular complexity index is 767. The predicted molar refractivity (Wildman–Crippen MR) is 85.6 cm³/mol. The molecule has 140 valence electrons. The topological polar surface area (TPSA) is 80.1 Å². The summed E-state index contributed by atoms with van der Waals surface area (Å²) in [6, 6.07) is 0.256. The van der Waals surface area contributed by atoms with Gasteiger partial charge in [-0.3, -0.25) is 9.59 Å². The molecule has 7 nitrogen and oxygen atoms in total. The lowest BCUT2D eigenvalue weighted by Gasteiger charge is -2.36. The molecule has 3 heterocycles. The predicted octanol–water partition coefficient (Wildman–Crippen LogP) is 1.16. The number of rotatable bonds is 3. The molecule has 9 heteroatoms. The summed E-state index contributed by atoms with van der Waals surface area (Å²) in [4.78, 5) is 26.5. The van der Waals surface area contributed by atoms with Crippen LogP contribution in [0, 0.1) is 11.8 Å². The molecule has 0 bridgehead atoms. The fraction of sp³-hybridized carbons (Fsp3) is 0.765. The number of fused-ring (bicyclic) bond motifs is 3. The Morgan fingerprint density at radius 3 is 2.58 bits per heavy atom. The van der Waals surface area contributed by atoms with E-state index in [-0.39, 0.29) is 42.5 Å². The van der Waals surface area contributed by atoms with Crippen LogP contribution in [0.4, 0.5) is 8.78 Å². The molecular formula is C17H21F2N5O2. The maximum Gasteiger partial charge on any atom is 0.289 e. The molecule has 0 spiro atoms. The maximum atomic E-state index is 13.1. The van der Waals surface area contributed by atoms with E-state index in [1.807, 2.05) is 4.57 Å². The second-order valence-corrected chi connectivity index (χ2v) is 8.14. The number of halogens is 2. The lowest BCUT2D eigenvalue weighted by atomic mass is 9.80. The SMILES string of the molecule is O=C(NC1CC1)c1nnc2n1CC[C@@H]1CN(C(=O)C3CC(F)(F)C3)C[C@@H]21. The number of hydrogen-bond donors (Lipinski definition) is 1. The normalized spacial score (nSPS) is 29.7. The summed E-state index contributed by atoms with van der Waals surface area (Å²) in [6.45, 7) is 1.72. The molecule has 1 N–H and O–H groups in total. The standard InChI is InChI=1S/C17H21F2N5O2/c18-17(19)5-10(6-17)16(26)23-7-9-3-4-24-13(12(9)8-23)21-22-14(24)15(25)20-11-1-2-11/h9-12H,1-8H2,(H,20,25)/t9-,12-/m1/s1. The van der Waals surface area contributed by atoms with Gasteiger partial charge in [-0.15, -0.1) is 10.2 Å². The fourth-order valence-corrected chi connectivity index (χ4v) is 4.48. The molecule has 0 radical (unpaired) electrons. The number of aromatic nitrogens is 3. The van der Waals surface area contributed by atoms with E-state index in [2.05, 4.69) is 15.5 Å². The van der Waals surface area contributed by atoms with Gasteiger partial charge in [-0.2, -0.15) is 0 Å². The number of nitrogens with one attached hydrogen (secondary N) is 1. The molecular weight excluding hydrogens is 344 g/mol. The minimum Gasteiger partial charge on any atom is -0.347 e. The lowest BCUT2D eigenvalue weighted by Crippen LogP contribution is -2.46. The molecule has 2 amide bonds. The number of amides is 2. The summed E-state index contributed by atoms with van der Waals surface area (Å²) >= 11 is 0. The van der Waals surface area contributed by atoms with Gasteiger partial charge in [0.2, 0.25) is 17.7 Å². The minimum absolute atomic E-state index is 0.0308. The van der Waals surface area contributed by atoms with Crippen molar-refractivity contribution in [3.8, 4) is 0 Å². The van der Waals surface area contributed by atoms with Gasteiger partial charge in [-0.25, -0.2) is 8.78 Å². The summed E-state index contributed by atoms with van der Waals surface area (Å²) < 4.78 is 28.0. The summed E-state index contributed by atoms with van der Waals surface area (Å²) in [7, 11) is 0. The molecule has 1 saturated heterocycles. The lowest BCUT2D eigenvalue weighted by molar-refractivity contribution is -0.159. The molecule has 5 rings (SSSR count). The van der Waals surface area contributed by atoms with Crippen molar-refractivity contribution < 1.29 is 18.4 Å². The number of likely N-dealkylation sites (tertiary alicyclic amines) is 1. The van der Waals surface area contributed by atoms with Crippen molar-refractivity contribution >= 4 is 11.8 Å². The van der Waals surface area contributed by atoms with E-state index in [9.17, 15) is 18.4 Å². The molecule has 2 atom stereocenters. The highest BCUT2D eigenvalue weighted by Gasteiger charge is 2.52. The first-order valence-electron chi connectivity index (χ1n) is 9.32. The highest BCUT2D eigenvalue weighted by atomic mass is 19.3. The van der Waals surface area contributed by atoms with Crippen LogP contribution < -0.4 is 5.32 Å². The Labute approximate surface area is 149 Å². The first-order valence-corrected chi connectivity index (χ1v) is 9.32. The molecule has 4 aliphatic rings. The van der Waals surface area contributed by atoms with Crippen molar-refractivity contribution in [1.29, 1.82) is 0 Å². The number of alkyl halides is 2. The van der Waals surface area contributed by atoms with Gasteiger partial charge in [0.15, 0.2) is 0 Å². The first kappa shape index (κ1) is 16.1. The van der Waals surface area contributed by atoms with Crippen molar-refractivity contribution in [2.75, 3.05) is 13.1 Å². The molecule has 0 aromatic carbocycles. The molecule has 26 heavy (non-hydrogen) atoms. The molecule has 2 saturated carbocycles. The zero-order valence-corrected chi connectivity index (χ0v) is 14.3. The highest BCUT2D eigenvalue weighted by molar-refractivity contribution is 5.91. The molecule has 0 unspecified atom stereocenters. The molecule has 1 aromatic rings. The van der Waals surface area contributed by atoms with Crippen LogP contribution in [-0.4, -0.2) is 56.5 Å². The van der Waals surface area contributed by atoms with Crippen LogP contribution in [0.2, 0.25) is 0 Å². The Hall–Kier alpha value is -2.06. The second kappa shape index (κ2) is 5.47. The average molecular weight is 365 g/mol. The van der Waals surface area contributed by atoms with Crippen LogP contribution in [-0.2, 0) is 11.3 Å². The summed E-state index contributed by atoms with van der Waals surface area (Å²) in [5.74, 6) is -2.21. The van der Waals surface area contributed by atoms with Crippen molar-refractivity contribution in [3.05, 3.63) is 11.6 Å². The number of carbonyl (C=O) groups excluding carboxylic acids is 2. The van der Waals surface area contributed by atoms with Gasteiger partial charge < -0.3 is 14.8 Å². The Kier molecular flexibility index (Phi) is 3.39. The van der Waals surface area contributed by atoms with E-state index in [4.69, 9.17) is 0 Å². The fourth-order valence-electron chi connectivity index (χ4n) is 4.48. The second-order valence-electron chi connectivity index (χ2n) is 8.14. The molecule has 2 aliphatic heterocycles. The van der Waals surface area contributed by atoms with Gasteiger partial charge in [0.1, 0.15) is 5.82 Å². The molecule has 3 fully saturated rings. The third-order valence-corrected chi connectivity index (χ3v) is 6.14. The third-order valence-electron chi connectivity index (χ3n) is 6.14. The van der Waals surface area contributed by atoms with Crippen LogP contribution >= 0.6 is 0 Å². The number of carbonyl (C=O) groups is 2. The zero-order chi connectivity index (χ0) is 18.1. The largest absolute Gasteiger partial charge is 0.347 e. The summed E-state index contributed by atoms with van der Waals surface area (Å²) in [5, 5.41) is 11.3. The van der Waals surface area contributed by atoms with Crippen molar-refractivity contribution in [1.82, 2.24) is 25.0 Å². The monoisotopic (exact) mass is 365 g/mol. The van der Waals surface area contributed by atoms with E-state index in [1.54, 1.807) is 4.90 Å². The first-order chi connectivity index (χ1) is 12.4. The Balaban J connectivity index is 1.30. The van der Waals surface area contributed by atoms with Gasteiger partial charge in [0, 0.05) is 50.4 Å². The van der Waals surface area contributed by atoms with Crippen LogP contribution in [0.15, 0.2) is 0 Å². The van der Waals surface area contributed by atoms with E-state index in [0.717, 1.165) is 25.1 Å². The van der Waals surface area contributed by atoms with Gasteiger partial charge in [-0.05, 0) is 25.2 Å². The highest BCUT2D eigenvalue weighted by Crippen LogP contribution is 2.45. The number of nitrogens with zero attached hydrogens (tertiary/aromatic N) is 4. The Morgan fingerprint density at radius 1 is 1.12 bits per heavy atom. The van der Waals surface area contributed by atoms with Crippen molar-refractivity contribution in [2.24, 2.45) is 11.8 Å². The van der Waals surface area contributed by atoms with E-state index < -0.39 is 11.8 Å². The van der Waals surface area contributed by atoms with Crippen LogP contribution in [0.25, 0.3) is 0 Å². The van der Waals surface area contributed by atoms with Crippen LogP contribution in [0.1, 0.15) is 54.5 Å². The average Bonchev–Trinajstić information content (AvgIpc) is 3.11. The van der Waals surface area contributed by atoms with Gasteiger partial charge >= 0.3 is 0 Å². The Morgan fingerprint density at radius 2 is 1.88 bits per heavy atom. The summed E-state index contributed by atoms with van der Waals surface area (Å²) in [6.07, 6.45) is 2.19. The maximum absolute atomic E-state index is 13.1. The van der Waals surface area contributed by atoms with Crippen LogP contribution in [0.5, 0.6) is 0 Å². The van der Waals surface area contributed by atoms with Crippen LogP contribution in [0.3, 0.4) is 0 Å². The third kappa shape index (κ3) is 2.59. The van der Waals surface area contributed by atoms with Crippen molar-refractivity contribution in [3.63, 3.8) is 0 Å². The van der Waals surface area contributed by atoms with Gasteiger partial charge in [0.05, 0.1) is 0 Å². The zero-order valence-electron chi connectivity index (χ0n) is 14.3. The van der Waals surface area contributed by atoms with E-state index in [0.29, 0.717) is 25.5 Å². The number of hydrogen-bond acceptors (Lipinski definition) is 4. The van der Waals surface area contributed by atoms with Gasteiger partial charge in [0.25, 0.3) is 5.91 Å². The summed E-state index contributed by atoms with van der Waals surface area (Å²) in [5.41, 5.74) is 0. The molecule has 2 aliphatic carbocycles. The van der Waals surface area contributed by atoms with E-state index in [1.165, 1.54) is 0 Å². The van der Waals surface area contributed by atoms with Gasteiger partial charge in [-0.1, -0.05) is 0 Å². The molecule has 1 aromatic heterocycles. The smallest absolute Gasteiger partial charge is 0.289 e. The van der Waals surface area contributed by atoms with Crippen molar-refractivity contribution in [2.45, 2.75) is 56.5 Å². The quantitative estimate of drug-likeness (QED) is 0.872. The minimum atomic E-state index is -2.68.